The number of sulfone groups is 1. The van der Waals surface area contributed by atoms with Crippen molar-refractivity contribution in [1.29, 1.82) is 0 Å². The Hall–Kier alpha value is -2.34. The van der Waals surface area contributed by atoms with E-state index in [0.29, 0.717) is 23.7 Å². The number of ether oxygens (including phenoxy) is 2. The van der Waals surface area contributed by atoms with Gasteiger partial charge < -0.3 is 14.4 Å². The van der Waals surface area contributed by atoms with Crippen LogP contribution in [0.15, 0.2) is 36.4 Å². The number of imide groups is 1. The number of halogens is 1. The predicted molar refractivity (Wildman–Crippen MR) is 131 cm³/mol. The van der Waals surface area contributed by atoms with E-state index in [0.717, 1.165) is 16.8 Å². The van der Waals surface area contributed by atoms with E-state index in [1.807, 2.05) is 48.5 Å². The molecule has 1 aliphatic heterocycles. The van der Waals surface area contributed by atoms with Gasteiger partial charge in [-0.1, -0.05) is 6.07 Å². The minimum atomic E-state index is -3.60. The average molecular weight is 572 g/mol. The molecule has 0 bridgehead atoms. The average Bonchev–Trinajstić information content (AvgIpc) is 2.97. The number of carbonyl (C=O) groups excluding carboxylic acids is 2. The molecular formula is C22H25IN2O6S. The summed E-state index contributed by atoms with van der Waals surface area (Å²) in [6.07, 6.45) is 1.08. The Kier molecular flexibility index (Phi) is 6.75. The molecule has 8 nitrogen and oxygen atoms in total. The Balaban J connectivity index is 2.19. The van der Waals surface area contributed by atoms with Gasteiger partial charge in [-0.15, -0.1) is 0 Å². The van der Waals surface area contributed by atoms with E-state index in [1.165, 1.54) is 7.11 Å². The second kappa shape index (κ2) is 8.89. The maximum atomic E-state index is 13.5. The van der Waals surface area contributed by atoms with E-state index in [4.69, 9.17) is 9.47 Å². The molecule has 2 aromatic carbocycles. The van der Waals surface area contributed by atoms with Gasteiger partial charge >= 0.3 is 0 Å². The first-order chi connectivity index (χ1) is 14.9. The number of hydrogen-bond donors (Lipinski definition) is 0. The summed E-state index contributed by atoms with van der Waals surface area (Å²) in [5.74, 6) is -0.673. The van der Waals surface area contributed by atoms with Gasteiger partial charge in [0, 0.05) is 26.0 Å². The van der Waals surface area contributed by atoms with Crippen molar-refractivity contribution in [2.45, 2.75) is 10.5 Å². The van der Waals surface area contributed by atoms with Crippen LogP contribution in [0.5, 0.6) is 11.5 Å². The van der Waals surface area contributed by atoms with Gasteiger partial charge in [0.1, 0.15) is 3.55 Å². The molecule has 1 heterocycles. The second-order valence-corrected chi connectivity index (χ2v) is 11.6. The van der Waals surface area contributed by atoms with Crippen LogP contribution in [-0.2, 0) is 13.4 Å². The van der Waals surface area contributed by atoms with Gasteiger partial charge in [0.05, 0.1) is 30.6 Å². The third-order valence-electron chi connectivity index (χ3n) is 5.10. The summed E-state index contributed by atoms with van der Waals surface area (Å²) < 4.78 is 34.3. The maximum absolute atomic E-state index is 13.5. The Labute approximate surface area is 201 Å². The lowest BCUT2D eigenvalue weighted by molar-refractivity contribution is 0.0582. The summed E-state index contributed by atoms with van der Waals surface area (Å²) in [4.78, 5) is 29.7. The van der Waals surface area contributed by atoms with Gasteiger partial charge in [-0.3, -0.25) is 14.5 Å². The van der Waals surface area contributed by atoms with Crippen molar-refractivity contribution < 1.29 is 27.5 Å². The molecule has 172 valence electrons. The molecule has 2 amide bonds. The fourth-order valence-corrected chi connectivity index (χ4v) is 7.10. The zero-order valence-electron chi connectivity index (χ0n) is 18.5. The molecule has 1 unspecified atom stereocenters. The third-order valence-corrected chi connectivity index (χ3v) is 8.05. The first kappa shape index (κ1) is 24.3. The molecule has 3 rings (SSSR count). The Bertz CT molecular complexity index is 1180. The van der Waals surface area contributed by atoms with E-state index in [2.05, 4.69) is 0 Å². The lowest BCUT2D eigenvalue weighted by atomic mass is 10.1. The predicted octanol–water partition coefficient (Wildman–Crippen LogP) is 3.09. The van der Waals surface area contributed by atoms with Gasteiger partial charge in [0.2, 0.25) is 0 Å². The molecular weight excluding hydrogens is 547 g/mol. The number of nitrogens with zero attached hydrogens (tertiary/aromatic N) is 2. The maximum Gasteiger partial charge on any atom is 0.263 e. The van der Waals surface area contributed by atoms with Crippen molar-refractivity contribution in [3.63, 3.8) is 0 Å². The van der Waals surface area contributed by atoms with E-state index >= 15 is 0 Å². The number of alkyl halides is 1. The van der Waals surface area contributed by atoms with Crippen LogP contribution in [-0.4, -0.2) is 65.0 Å². The van der Waals surface area contributed by atoms with Crippen LogP contribution < -0.4 is 14.4 Å². The van der Waals surface area contributed by atoms with Crippen molar-refractivity contribution in [2.75, 3.05) is 44.7 Å². The molecule has 0 N–H and O–H groups in total. The summed E-state index contributed by atoms with van der Waals surface area (Å²) in [5.41, 5.74) is 1.69. The topological polar surface area (TPSA) is 93.2 Å². The van der Waals surface area contributed by atoms with E-state index in [1.54, 1.807) is 36.4 Å². The van der Waals surface area contributed by atoms with Crippen molar-refractivity contribution in [3.05, 3.63) is 53.1 Å². The molecule has 2 aromatic rings. The smallest absolute Gasteiger partial charge is 0.263 e. The largest absolute Gasteiger partial charge is 0.493 e. The molecule has 0 spiro atoms. The molecule has 0 fully saturated rings. The SMILES string of the molecule is CCOc1cc(C(I)(CS(C)(=O)=O)N2C(=O)c3ccc(N(C)C)cc3C2=O)ccc1OC. The highest BCUT2D eigenvalue weighted by Crippen LogP contribution is 2.45. The zero-order chi connectivity index (χ0) is 23.8. The van der Waals surface area contributed by atoms with Gasteiger partial charge in [-0.2, -0.15) is 0 Å². The van der Waals surface area contributed by atoms with Gasteiger partial charge in [0.15, 0.2) is 21.3 Å². The number of methoxy groups -OCH3 is 1. The van der Waals surface area contributed by atoms with Crippen LogP contribution in [0.25, 0.3) is 0 Å². The number of benzene rings is 2. The fourth-order valence-electron chi connectivity index (χ4n) is 3.64. The van der Waals surface area contributed by atoms with Crippen molar-refractivity contribution in [3.8, 4) is 11.5 Å². The first-order valence-corrected chi connectivity index (χ1v) is 12.9. The van der Waals surface area contributed by atoms with Gasteiger partial charge in [0.25, 0.3) is 11.8 Å². The van der Waals surface area contributed by atoms with E-state index in [9.17, 15) is 18.0 Å². The summed E-state index contributed by atoms with van der Waals surface area (Å²) in [6.45, 7) is 2.17. The Morgan fingerprint density at radius 2 is 1.69 bits per heavy atom. The number of rotatable bonds is 8. The lowest BCUT2D eigenvalue weighted by Gasteiger charge is -2.35. The normalized spacial score (nSPS) is 15.4. The van der Waals surface area contributed by atoms with Crippen molar-refractivity contribution in [1.82, 2.24) is 4.90 Å². The molecule has 0 radical (unpaired) electrons. The second-order valence-electron chi connectivity index (χ2n) is 7.70. The summed E-state index contributed by atoms with van der Waals surface area (Å²) >= 11 is 1.89. The molecule has 1 atom stereocenters. The summed E-state index contributed by atoms with van der Waals surface area (Å²) in [6, 6.07) is 9.90. The Morgan fingerprint density at radius 1 is 1.03 bits per heavy atom. The highest BCUT2D eigenvalue weighted by atomic mass is 127. The van der Waals surface area contributed by atoms with E-state index in [-0.39, 0.29) is 11.1 Å². The van der Waals surface area contributed by atoms with Crippen molar-refractivity contribution >= 4 is 49.9 Å². The summed E-state index contributed by atoms with van der Waals surface area (Å²) in [5, 5.41) is 0. The molecule has 0 aromatic heterocycles. The number of amides is 2. The number of carbonyl (C=O) groups is 2. The molecule has 0 saturated heterocycles. The van der Waals surface area contributed by atoms with Crippen LogP contribution in [0.4, 0.5) is 5.69 Å². The minimum absolute atomic E-state index is 0.244. The number of hydrogen-bond acceptors (Lipinski definition) is 7. The molecule has 32 heavy (non-hydrogen) atoms. The highest BCUT2D eigenvalue weighted by molar-refractivity contribution is 14.1. The summed E-state index contributed by atoms with van der Waals surface area (Å²) in [7, 11) is 1.57. The third kappa shape index (κ3) is 4.42. The molecule has 0 aliphatic carbocycles. The fraction of sp³-hybridized carbons (Fsp3) is 0.364. The minimum Gasteiger partial charge on any atom is -0.493 e. The standard InChI is InChI=1S/C22H25IN2O6S/c1-6-31-19-11-14(7-10-18(19)30-4)22(23,13-32(5,28)29)25-20(26)16-9-8-15(24(2)3)12-17(16)21(25)27/h7-12H,6,13H2,1-5H3. The lowest BCUT2D eigenvalue weighted by Crippen LogP contribution is -2.49. The highest BCUT2D eigenvalue weighted by Gasteiger charge is 2.50. The van der Waals surface area contributed by atoms with Crippen LogP contribution in [0, 0.1) is 0 Å². The van der Waals surface area contributed by atoms with Crippen LogP contribution in [0.3, 0.4) is 0 Å². The van der Waals surface area contributed by atoms with Crippen LogP contribution in [0.2, 0.25) is 0 Å². The first-order valence-electron chi connectivity index (χ1n) is 9.81. The monoisotopic (exact) mass is 572 g/mol. The van der Waals surface area contributed by atoms with Crippen molar-refractivity contribution in [2.24, 2.45) is 0 Å². The molecule has 0 saturated carbocycles. The number of fused-ring (bicyclic) bond motifs is 1. The number of anilines is 1. The molecule has 1 aliphatic rings. The van der Waals surface area contributed by atoms with E-state index < -0.39 is 31.0 Å². The van der Waals surface area contributed by atoms with Gasteiger partial charge in [-0.05, 0) is 65.4 Å². The van der Waals surface area contributed by atoms with Gasteiger partial charge in [-0.25, -0.2) is 8.42 Å². The van der Waals surface area contributed by atoms with Crippen LogP contribution >= 0.6 is 22.6 Å². The Morgan fingerprint density at radius 3 is 2.25 bits per heavy atom. The zero-order valence-corrected chi connectivity index (χ0v) is 21.5. The van der Waals surface area contributed by atoms with Crippen LogP contribution in [0.1, 0.15) is 33.2 Å². The quantitative estimate of drug-likeness (QED) is 0.208. The molecule has 10 heteroatoms.